The Kier molecular flexibility index (Phi) is 4.77. The van der Waals surface area contributed by atoms with Crippen molar-refractivity contribution in [1.82, 2.24) is 0 Å². The Morgan fingerprint density at radius 2 is 1.64 bits per heavy atom. The van der Waals surface area contributed by atoms with Crippen LogP contribution < -0.4 is 0 Å². The fourth-order valence-corrected chi connectivity index (χ4v) is 4.18. The molecule has 0 aliphatic rings. The molecule has 0 fully saturated rings. The third-order valence-corrected chi connectivity index (χ3v) is 6.34. The minimum Gasteiger partial charge on any atom is -0.329 e. The molecule has 0 spiro atoms. The van der Waals surface area contributed by atoms with Crippen molar-refractivity contribution in [2.24, 2.45) is 4.76 Å². The van der Waals surface area contributed by atoms with E-state index in [-0.39, 0.29) is 0 Å². The first kappa shape index (κ1) is 11.0. The molecule has 11 heavy (non-hydrogen) atoms. The summed E-state index contributed by atoms with van der Waals surface area (Å²) in [5.74, 6) is 0. The molecule has 0 bridgehead atoms. The van der Waals surface area contributed by atoms with Gasteiger partial charge in [0.2, 0.25) is 0 Å². The van der Waals surface area contributed by atoms with E-state index in [1.807, 2.05) is 0 Å². The summed E-state index contributed by atoms with van der Waals surface area (Å²) in [6.07, 6.45) is 1.43. The zero-order chi connectivity index (χ0) is 8.91. The van der Waals surface area contributed by atoms with E-state index in [1.54, 1.807) is 31.5 Å². The number of hydrogen-bond acceptors (Lipinski definition) is 0. The second-order valence-corrected chi connectivity index (χ2v) is 7.33. The van der Waals surface area contributed by atoms with Crippen LogP contribution in [0.3, 0.4) is 0 Å². The molecule has 0 heterocycles. The predicted octanol–water partition coefficient (Wildman–Crippen LogP) is 1.00. The summed E-state index contributed by atoms with van der Waals surface area (Å²) >= 11 is 0. The van der Waals surface area contributed by atoms with Gasteiger partial charge in [0, 0.05) is 6.21 Å². The number of nitrogens with zero attached hydrogens (tertiary/aromatic N) is 1. The SMILES string of the molecule is CC=NP(O)(O)=S(=CC)=CC. The van der Waals surface area contributed by atoms with Crippen LogP contribution in [0.5, 0.6) is 0 Å². The van der Waals surface area contributed by atoms with E-state index in [9.17, 15) is 9.79 Å². The van der Waals surface area contributed by atoms with Gasteiger partial charge in [0.15, 0.2) is 0 Å². The molecule has 3 nitrogen and oxygen atoms in total. The summed E-state index contributed by atoms with van der Waals surface area (Å²) in [7, 11) is -0.574. The predicted molar refractivity (Wildman–Crippen MR) is 56.4 cm³/mol. The van der Waals surface area contributed by atoms with E-state index < -0.39 is 15.9 Å². The largest absolute Gasteiger partial charge is 0.329 e. The average Bonchev–Trinajstić information content (AvgIpc) is 1.89. The van der Waals surface area contributed by atoms with E-state index in [0.29, 0.717) is 0 Å². The highest BCUT2D eigenvalue weighted by Gasteiger charge is 2.01. The maximum absolute atomic E-state index is 9.39. The molecule has 66 valence electrons. The standard InChI is InChI=1S/C6H14NO2PS/c1-4-7-10(8,9)11(5-2)6-3/h4-6,8-9H,1-3H3. The zero-order valence-electron chi connectivity index (χ0n) is 6.93. The first-order chi connectivity index (χ1) is 5.08. The maximum atomic E-state index is 9.39. The van der Waals surface area contributed by atoms with Gasteiger partial charge in [-0.25, -0.2) is 4.76 Å². The van der Waals surface area contributed by atoms with Gasteiger partial charge in [-0.1, -0.05) is 0 Å². The summed E-state index contributed by atoms with van der Waals surface area (Å²) < 4.78 is 3.65. The molecule has 0 aromatic carbocycles. The molecule has 0 rings (SSSR count). The van der Waals surface area contributed by atoms with Crippen LogP contribution in [0.15, 0.2) is 4.76 Å². The van der Waals surface area contributed by atoms with Gasteiger partial charge in [0.05, 0.1) is 0 Å². The Morgan fingerprint density at radius 1 is 1.18 bits per heavy atom. The van der Waals surface area contributed by atoms with Gasteiger partial charge in [0.25, 0.3) is 6.64 Å². The zero-order valence-corrected chi connectivity index (χ0v) is 8.64. The summed E-state index contributed by atoms with van der Waals surface area (Å²) in [6, 6.07) is 0. The van der Waals surface area contributed by atoms with Gasteiger partial charge in [-0.05, 0) is 31.5 Å². The Labute approximate surface area is 68.7 Å². The fourth-order valence-electron chi connectivity index (χ4n) is 0.624. The van der Waals surface area contributed by atoms with Crippen molar-refractivity contribution in [1.29, 1.82) is 0 Å². The smallest absolute Gasteiger partial charge is 0.284 e. The van der Waals surface area contributed by atoms with Crippen LogP contribution in [0.2, 0.25) is 0 Å². The summed E-state index contributed by atoms with van der Waals surface area (Å²) in [4.78, 5) is 18.8. The van der Waals surface area contributed by atoms with Gasteiger partial charge >= 0.3 is 0 Å². The lowest BCUT2D eigenvalue weighted by molar-refractivity contribution is 0.481. The Hall–Kier alpha value is -0.0200. The Morgan fingerprint density at radius 3 is 1.91 bits per heavy atom. The quantitative estimate of drug-likeness (QED) is 0.372. The molecule has 0 unspecified atom stereocenters. The van der Waals surface area contributed by atoms with Crippen LogP contribution in [0, 0.1) is 0 Å². The molecule has 0 aliphatic carbocycles. The normalized spacial score (nSPS) is 11.7. The highest BCUT2D eigenvalue weighted by atomic mass is 32.5. The lowest BCUT2D eigenvalue weighted by Crippen LogP contribution is -1.79. The first-order valence-corrected chi connectivity index (χ1v) is 6.85. The lowest BCUT2D eigenvalue weighted by atomic mass is 10.9. The van der Waals surface area contributed by atoms with Crippen LogP contribution in [-0.4, -0.2) is 26.7 Å². The molecule has 0 saturated carbocycles. The second kappa shape index (κ2) is 4.78. The average molecular weight is 195 g/mol. The first-order valence-electron chi connectivity index (χ1n) is 3.24. The van der Waals surface area contributed by atoms with E-state index in [4.69, 9.17) is 0 Å². The minimum atomic E-state index is -3.07. The summed E-state index contributed by atoms with van der Waals surface area (Å²) in [5.41, 5.74) is 0. The van der Waals surface area contributed by atoms with Crippen molar-refractivity contribution in [3.63, 3.8) is 0 Å². The highest BCUT2D eigenvalue weighted by molar-refractivity contribution is 8.26. The molecule has 0 saturated heterocycles. The third-order valence-electron chi connectivity index (χ3n) is 1.03. The van der Waals surface area contributed by atoms with Crippen molar-refractivity contribution in [3.05, 3.63) is 0 Å². The monoisotopic (exact) mass is 195 g/mol. The van der Waals surface area contributed by atoms with Crippen LogP contribution in [0.1, 0.15) is 20.8 Å². The van der Waals surface area contributed by atoms with E-state index in [1.165, 1.54) is 6.21 Å². The lowest BCUT2D eigenvalue weighted by Gasteiger charge is -2.01. The van der Waals surface area contributed by atoms with Crippen molar-refractivity contribution < 1.29 is 9.79 Å². The summed E-state index contributed by atoms with van der Waals surface area (Å²) in [6.45, 7) is 2.21. The molecule has 0 aromatic rings. The molecule has 0 aromatic heterocycles. The third kappa shape index (κ3) is 3.25. The molecule has 0 amide bonds. The molecule has 2 N–H and O–H groups in total. The topological polar surface area (TPSA) is 52.8 Å². The van der Waals surface area contributed by atoms with Crippen molar-refractivity contribution in [2.45, 2.75) is 20.8 Å². The number of hydrogen-bond donors (Lipinski definition) is 2. The Bertz CT molecular complexity index is 295. The number of rotatable bonds is 1. The molecular weight excluding hydrogens is 181 g/mol. The maximum Gasteiger partial charge on any atom is 0.284 e. The van der Waals surface area contributed by atoms with Crippen molar-refractivity contribution >= 4 is 32.8 Å². The molecule has 5 heteroatoms. The van der Waals surface area contributed by atoms with Crippen LogP contribution >= 0.6 is 6.64 Å². The molecule has 0 aliphatic heterocycles. The van der Waals surface area contributed by atoms with Crippen molar-refractivity contribution in [2.75, 3.05) is 0 Å². The molecule has 0 radical (unpaired) electrons. The minimum absolute atomic E-state index is 0.574. The summed E-state index contributed by atoms with van der Waals surface area (Å²) in [5, 5.41) is 3.53. The molecule has 0 atom stereocenters. The van der Waals surface area contributed by atoms with E-state index >= 15 is 0 Å². The molecular formula is C6H14NO2PS. The van der Waals surface area contributed by atoms with Gasteiger partial charge in [-0.15, -0.1) is 9.25 Å². The highest BCUT2D eigenvalue weighted by Crippen LogP contribution is 2.38. The fraction of sp³-hybridized carbons (Fsp3) is 0.500. The second-order valence-electron chi connectivity index (χ2n) is 1.71. The van der Waals surface area contributed by atoms with Crippen LogP contribution in [-0.2, 0) is 9.25 Å². The van der Waals surface area contributed by atoms with E-state index in [0.717, 1.165) is 0 Å². The van der Waals surface area contributed by atoms with Gasteiger partial charge in [0.1, 0.15) is 0 Å². The van der Waals surface area contributed by atoms with Crippen molar-refractivity contribution in [3.8, 4) is 0 Å². The van der Waals surface area contributed by atoms with E-state index in [2.05, 4.69) is 4.76 Å². The van der Waals surface area contributed by atoms with Gasteiger partial charge in [-0.2, -0.15) is 0 Å². The Balaban J connectivity index is 5.59. The van der Waals surface area contributed by atoms with Gasteiger partial charge < -0.3 is 9.79 Å². The van der Waals surface area contributed by atoms with Gasteiger partial charge in [-0.3, -0.25) is 0 Å². The van der Waals surface area contributed by atoms with Crippen LogP contribution in [0.25, 0.3) is 0 Å². The van der Waals surface area contributed by atoms with Crippen LogP contribution in [0.4, 0.5) is 0 Å².